The van der Waals surface area contributed by atoms with Crippen LogP contribution in [0.1, 0.15) is 31.4 Å². The standard InChI is InChI=1S/C17H23F2N3O2/c1-11(12-5-6-14(18)15(19)8-12)21(2)10-16(23)22-7-3-4-13(9-22)17(20)24/h5-6,8,11,13H,3-4,7,9-10H2,1-2H3,(H2,20,24). The average Bonchev–Trinajstić information content (AvgIpc) is 2.56. The van der Waals surface area contributed by atoms with Gasteiger partial charge in [0.2, 0.25) is 11.8 Å². The zero-order chi connectivity index (χ0) is 17.9. The van der Waals surface area contributed by atoms with Gasteiger partial charge in [0.25, 0.3) is 0 Å². The normalized spacial score (nSPS) is 19.4. The van der Waals surface area contributed by atoms with Crippen LogP contribution < -0.4 is 5.73 Å². The second-order valence-corrected chi connectivity index (χ2v) is 6.35. The van der Waals surface area contributed by atoms with E-state index in [9.17, 15) is 18.4 Å². The summed E-state index contributed by atoms with van der Waals surface area (Å²) in [7, 11) is 1.75. The van der Waals surface area contributed by atoms with Crippen LogP contribution >= 0.6 is 0 Å². The molecule has 1 aliphatic rings. The van der Waals surface area contributed by atoms with Crippen molar-refractivity contribution in [1.82, 2.24) is 9.80 Å². The molecule has 5 nitrogen and oxygen atoms in total. The summed E-state index contributed by atoms with van der Waals surface area (Å²) in [4.78, 5) is 27.1. The summed E-state index contributed by atoms with van der Waals surface area (Å²) < 4.78 is 26.4. The van der Waals surface area contributed by atoms with Gasteiger partial charge in [-0.25, -0.2) is 8.78 Å². The number of primary amides is 1. The Hall–Kier alpha value is -2.02. The third kappa shape index (κ3) is 4.29. The van der Waals surface area contributed by atoms with Crippen molar-refractivity contribution in [2.75, 3.05) is 26.7 Å². The molecule has 132 valence electrons. The van der Waals surface area contributed by atoms with Gasteiger partial charge in [-0.3, -0.25) is 14.5 Å². The lowest BCUT2D eigenvalue weighted by Gasteiger charge is -2.33. The predicted octanol–water partition coefficient (Wildman–Crippen LogP) is 1.68. The number of likely N-dealkylation sites (N-methyl/N-ethyl adjacent to an activating group) is 1. The van der Waals surface area contributed by atoms with Gasteiger partial charge in [-0.15, -0.1) is 0 Å². The van der Waals surface area contributed by atoms with Crippen LogP contribution in [0.5, 0.6) is 0 Å². The monoisotopic (exact) mass is 339 g/mol. The molecule has 1 aromatic carbocycles. The first kappa shape index (κ1) is 18.3. The number of nitrogens with two attached hydrogens (primary N) is 1. The van der Waals surface area contributed by atoms with E-state index in [-0.39, 0.29) is 30.3 Å². The summed E-state index contributed by atoms with van der Waals surface area (Å²) in [5.41, 5.74) is 5.92. The summed E-state index contributed by atoms with van der Waals surface area (Å²) in [6.07, 6.45) is 1.46. The first-order valence-corrected chi connectivity index (χ1v) is 8.02. The minimum atomic E-state index is -0.903. The largest absolute Gasteiger partial charge is 0.369 e. The van der Waals surface area contributed by atoms with Crippen LogP contribution in [0.4, 0.5) is 8.78 Å². The fraction of sp³-hybridized carbons (Fsp3) is 0.529. The van der Waals surface area contributed by atoms with Gasteiger partial charge in [0.15, 0.2) is 11.6 Å². The zero-order valence-corrected chi connectivity index (χ0v) is 14.0. The number of hydrogen-bond donors (Lipinski definition) is 1. The maximum atomic E-state index is 13.4. The van der Waals surface area contributed by atoms with Crippen LogP contribution in [0.25, 0.3) is 0 Å². The summed E-state index contributed by atoms with van der Waals surface area (Å²) in [5.74, 6) is -2.57. The van der Waals surface area contributed by atoms with E-state index in [0.29, 0.717) is 25.1 Å². The van der Waals surface area contributed by atoms with E-state index in [1.807, 2.05) is 6.92 Å². The van der Waals surface area contributed by atoms with E-state index < -0.39 is 11.6 Å². The maximum absolute atomic E-state index is 13.4. The molecule has 2 unspecified atom stereocenters. The van der Waals surface area contributed by atoms with Crippen molar-refractivity contribution in [1.29, 1.82) is 0 Å². The van der Waals surface area contributed by atoms with Gasteiger partial charge >= 0.3 is 0 Å². The number of likely N-dealkylation sites (tertiary alicyclic amines) is 1. The summed E-state index contributed by atoms with van der Waals surface area (Å²) in [6.45, 7) is 2.91. The Morgan fingerprint density at radius 1 is 1.38 bits per heavy atom. The molecule has 2 amide bonds. The molecule has 2 N–H and O–H groups in total. The summed E-state index contributed by atoms with van der Waals surface area (Å²) >= 11 is 0. The van der Waals surface area contributed by atoms with Gasteiger partial charge in [0, 0.05) is 19.1 Å². The molecule has 1 heterocycles. The number of benzene rings is 1. The van der Waals surface area contributed by atoms with Crippen molar-refractivity contribution in [2.24, 2.45) is 11.7 Å². The van der Waals surface area contributed by atoms with Gasteiger partial charge in [-0.2, -0.15) is 0 Å². The Morgan fingerprint density at radius 2 is 2.08 bits per heavy atom. The predicted molar refractivity (Wildman–Crippen MR) is 85.9 cm³/mol. The number of hydrogen-bond acceptors (Lipinski definition) is 3. The van der Waals surface area contributed by atoms with E-state index in [1.54, 1.807) is 16.8 Å². The number of amides is 2. The average molecular weight is 339 g/mol. The Labute approximate surface area is 140 Å². The highest BCUT2D eigenvalue weighted by Gasteiger charge is 2.28. The second kappa shape index (κ2) is 7.70. The summed E-state index contributed by atoms with van der Waals surface area (Å²) in [6, 6.07) is 3.48. The smallest absolute Gasteiger partial charge is 0.236 e. The molecule has 1 aliphatic heterocycles. The van der Waals surface area contributed by atoms with Crippen LogP contribution in [-0.2, 0) is 9.59 Å². The third-order valence-electron chi connectivity index (χ3n) is 4.65. The maximum Gasteiger partial charge on any atom is 0.236 e. The molecule has 1 saturated heterocycles. The Bertz CT molecular complexity index is 624. The molecule has 24 heavy (non-hydrogen) atoms. The zero-order valence-electron chi connectivity index (χ0n) is 14.0. The molecule has 0 saturated carbocycles. The molecular formula is C17H23F2N3O2. The van der Waals surface area contributed by atoms with E-state index in [0.717, 1.165) is 18.6 Å². The fourth-order valence-electron chi connectivity index (χ4n) is 2.91. The third-order valence-corrected chi connectivity index (χ3v) is 4.65. The van der Waals surface area contributed by atoms with E-state index >= 15 is 0 Å². The van der Waals surface area contributed by atoms with Crippen molar-refractivity contribution in [2.45, 2.75) is 25.8 Å². The van der Waals surface area contributed by atoms with Gasteiger partial charge in [-0.1, -0.05) is 6.07 Å². The molecule has 0 bridgehead atoms. The Balaban J connectivity index is 1.97. The molecule has 0 aliphatic carbocycles. The highest BCUT2D eigenvalue weighted by molar-refractivity contribution is 5.81. The van der Waals surface area contributed by atoms with Crippen LogP contribution in [0.15, 0.2) is 18.2 Å². The number of nitrogens with zero attached hydrogens (tertiary/aromatic N) is 2. The first-order valence-electron chi connectivity index (χ1n) is 8.02. The number of piperidine rings is 1. The molecule has 2 atom stereocenters. The quantitative estimate of drug-likeness (QED) is 0.888. The van der Waals surface area contributed by atoms with Crippen LogP contribution in [0, 0.1) is 17.6 Å². The lowest BCUT2D eigenvalue weighted by molar-refractivity contribution is -0.136. The van der Waals surface area contributed by atoms with E-state index in [1.165, 1.54) is 6.07 Å². The molecule has 1 aromatic rings. The van der Waals surface area contributed by atoms with Crippen molar-refractivity contribution in [3.05, 3.63) is 35.4 Å². The fourth-order valence-corrected chi connectivity index (χ4v) is 2.91. The number of carbonyl (C=O) groups is 2. The minimum Gasteiger partial charge on any atom is -0.369 e. The number of halogens is 2. The molecule has 1 fully saturated rings. The van der Waals surface area contributed by atoms with Gasteiger partial charge in [0.05, 0.1) is 12.5 Å². The van der Waals surface area contributed by atoms with Crippen molar-refractivity contribution < 1.29 is 18.4 Å². The Morgan fingerprint density at radius 3 is 2.71 bits per heavy atom. The van der Waals surface area contributed by atoms with E-state index in [2.05, 4.69) is 0 Å². The van der Waals surface area contributed by atoms with Gasteiger partial charge in [0.1, 0.15) is 0 Å². The molecule has 0 spiro atoms. The molecule has 7 heteroatoms. The molecular weight excluding hydrogens is 316 g/mol. The highest BCUT2D eigenvalue weighted by atomic mass is 19.2. The highest BCUT2D eigenvalue weighted by Crippen LogP contribution is 2.22. The van der Waals surface area contributed by atoms with Crippen molar-refractivity contribution >= 4 is 11.8 Å². The van der Waals surface area contributed by atoms with Crippen molar-refractivity contribution in [3.63, 3.8) is 0 Å². The summed E-state index contributed by atoms with van der Waals surface area (Å²) in [5, 5.41) is 0. The molecule has 2 rings (SSSR count). The number of carbonyl (C=O) groups excluding carboxylic acids is 2. The molecule has 0 aromatic heterocycles. The van der Waals surface area contributed by atoms with Crippen LogP contribution in [0.2, 0.25) is 0 Å². The topological polar surface area (TPSA) is 66.6 Å². The minimum absolute atomic E-state index is 0.0992. The van der Waals surface area contributed by atoms with E-state index in [4.69, 9.17) is 5.73 Å². The van der Waals surface area contributed by atoms with Crippen LogP contribution in [0.3, 0.4) is 0 Å². The second-order valence-electron chi connectivity index (χ2n) is 6.35. The number of rotatable bonds is 5. The first-order chi connectivity index (χ1) is 11.3. The SMILES string of the molecule is CC(c1ccc(F)c(F)c1)N(C)CC(=O)N1CCCC(C(N)=O)C1. The van der Waals surface area contributed by atoms with Gasteiger partial charge in [-0.05, 0) is 44.5 Å². The van der Waals surface area contributed by atoms with Gasteiger partial charge < -0.3 is 10.6 Å². The lowest BCUT2D eigenvalue weighted by Crippen LogP contribution is -2.47. The Kier molecular flexibility index (Phi) is 5.88. The molecule has 0 radical (unpaired) electrons. The lowest BCUT2D eigenvalue weighted by atomic mass is 9.97. The van der Waals surface area contributed by atoms with Crippen LogP contribution in [-0.4, -0.2) is 48.3 Å². The van der Waals surface area contributed by atoms with Crippen molar-refractivity contribution in [3.8, 4) is 0 Å².